The summed E-state index contributed by atoms with van der Waals surface area (Å²) in [7, 11) is 3.61. The number of hydrogen-bond acceptors (Lipinski definition) is 3. The molecule has 3 heteroatoms. The Labute approximate surface area is 97.0 Å². The van der Waals surface area contributed by atoms with Gasteiger partial charge >= 0.3 is 0 Å². The predicted octanol–water partition coefficient (Wildman–Crippen LogP) is 2.36. The van der Waals surface area contributed by atoms with E-state index in [1.807, 2.05) is 50.1 Å². The van der Waals surface area contributed by atoms with Crippen LogP contribution in [0.2, 0.25) is 0 Å². The average molecular weight is 221 g/mol. The van der Waals surface area contributed by atoms with Gasteiger partial charge in [0.15, 0.2) is 0 Å². The quantitative estimate of drug-likeness (QED) is 0.715. The van der Waals surface area contributed by atoms with Crippen LogP contribution in [0.15, 0.2) is 24.3 Å². The van der Waals surface area contributed by atoms with Crippen LogP contribution in [0.1, 0.15) is 13.8 Å². The Bertz CT molecular complexity index is 361. The zero-order valence-electron chi connectivity index (χ0n) is 10.4. The number of carbonyl (C=O) groups excluding carboxylic acids is 1. The number of para-hydroxylation sites is 2. The lowest BCUT2D eigenvalue weighted by molar-refractivity contribution is -0.114. The summed E-state index contributed by atoms with van der Waals surface area (Å²) in [4.78, 5) is 12.9. The van der Waals surface area contributed by atoms with Gasteiger partial charge in [-0.15, -0.1) is 0 Å². The molecule has 0 aliphatic heterocycles. The van der Waals surface area contributed by atoms with Crippen LogP contribution in [0.5, 0.6) is 5.75 Å². The molecule has 0 atom stereocenters. The van der Waals surface area contributed by atoms with Crippen molar-refractivity contribution < 1.29 is 9.53 Å². The van der Waals surface area contributed by atoms with Crippen LogP contribution in [0.3, 0.4) is 0 Å². The van der Waals surface area contributed by atoms with Crippen LogP contribution in [-0.4, -0.2) is 27.0 Å². The number of ether oxygens (including phenoxy) is 1. The molecule has 0 aliphatic carbocycles. The number of nitrogens with zero attached hydrogens (tertiary/aromatic N) is 1. The van der Waals surface area contributed by atoms with E-state index in [1.54, 1.807) is 7.11 Å². The Kier molecular flexibility index (Phi) is 3.93. The Morgan fingerprint density at radius 2 is 2.00 bits per heavy atom. The molecule has 1 aromatic rings. The van der Waals surface area contributed by atoms with Crippen LogP contribution >= 0.6 is 0 Å². The zero-order chi connectivity index (χ0) is 12.2. The standard InChI is InChI=1S/C13H19NO2/c1-13(2,10-15)9-14(3)11-7-5-6-8-12(11)16-4/h5-8,10H,9H2,1-4H3. The van der Waals surface area contributed by atoms with Crippen molar-refractivity contribution in [3.63, 3.8) is 0 Å². The largest absolute Gasteiger partial charge is 0.495 e. The smallest absolute Gasteiger partial charge is 0.142 e. The molecule has 0 bridgehead atoms. The van der Waals surface area contributed by atoms with E-state index in [2.05, 4.69) is 0 Å². The third-order valence-electron chi connectivity index (χ3n) is 2.46. The Morgan fingerprint density at radius 3 is 2.56 bits per heavy atom. The first kappa shape index (κ1) is 12.6. The van der Waals surface area contributed by atoms with Crippen molar-refractivity contribution in [2.45, 2.75) is 13.8 Å². The molecule has 0 amide bonds. The summed E-state index contributed by atoms with van der Waals surface area (Å²) in [6.07, 6.45) is 0.985. The van der Waals surface area contributed by atoms with Gasteiger partial charge in [-0.2, -0.15) is 0 Å². The monoisotopic (exact) mass is 221 g/mol. The lowest BCUT2D eigenvalue weighted by Gasteiger charge is -2.28. The van der Waals surface area contributed by atoms with Gasteiger partial charge in [-0.3, -0.25) is 0 Å². The minimum Gasteiger partial charge on any atom is -0.495 e. The van der Waals surface area contributed by atoms with E-state index < -0.39 is 0 Å². The first-order valence-corrected chi connectivity index (χ1v) is 5.30. The van der Waals surface area contributed by atoms with E-state index in [1.165, 1.54) is 0 Å². The highest BCUT2D eigenvalue weighted by molar-refractivity contribution is 5.62. The molecular weight excluding hydrogens is 202 g/mol. The molecule has 0 spiro atoms. The highest BCUT2D eigenvalue weighted by Crippen LogP contribution is 2.28. The van der Waals surface area contributed by atoms with Crippen LogP contribution in [0.4, 0.5) is 5.69 Å². The predicted molar refractivity (Wildman–Crippen MR) is 66.1 cm³/mol. The molecule has 0 unspecified atom stereocenters. The molecule has 0 aromatic heterocycles. The molecule has 1 rings (SSSR count). The third kappa shape index (κ3) is 2.99. The van der Waals surface area contributed by atoms with Gasteiger partial charge in [0, 0.05) is 19.0 Å². The summed E-state index contributed by atoms with van der Waals surface area (Å²) < 4.78 is 5.28. The molecule has 0 saturated carbocycles. The van der Waals surface area contributed by atoms with E-state index in [4.69, 9.17) is 4.74 Å². The normalized spacial score (nSPS) is 11.0. The van der Waals surface area contributed by atoms with Gasteiger partial charge in [-0.05, 0) is 12.1 Å². The van der Waals surface area contributed by atoms with Crippen molar-refractivity contribution in [1.29, 1.82) is 0 Å². The minimum absolute atomic E-state index is 0.352. The van der Waals surface area contributed by atoms with Crippen molar-refractivity contribution in [3.8, 4) is 5.75 Å². The molecular formula is C13H19NO2. The van der Waals surface area contributed by atoms with E-state index >= 15 is 0 Å². The molecule has 0 aliphatic rings. The fourth-order valence-electron chi connectivity index (χ4n) is 1.68. The molecule has 0 saturated heterocycles. The van der Waals surface area contributed by atoms with Crippen LogP contribution in [0.25, 0.3) is 0 Å². The number of hydrogen-bond donors (Lipinski definition) is 0. The van der Waals surface area contributed by atoms with Crippen LogP contribution < -0.4 is 9.64 Å². The molecule has 16 heavy (non-hydrogen) atoms. The highest BCUT2D eigenvalue weighted by Gasteiger charge is 2.20. The van der Waals surface area contributed by atoms with Crippen molar-refractivity contribution in [1.82, 2.24) is 0 Å². The van der Waals surface area contributed by atoms with Gasteiger partial charge in [0.05, 0.1) is 12.8 Å². The molecule has 88 valence electrons. The summed E-state index contributed by atoms with van der Waals surface area (Å²) in [6.45, 7) is 4.51. The summed E-state index contributed by atoms with van der Waals surface area (Å²) in [5.74, 6) is 0.826. The Hall–Kier alpha value is -1.51. The van der Waals surface area contributed by atoms with Gasteiger partial charge in [-0.1, -0.05) is 26.0 Å². The van der Waals surface area contributed by atoms with Gasteiger partial charge in [0.2, 0.25) is 0 Å². The fraction of sp³-hybridized carbons (Fsp3) is 0.462. The van der Waals surface area contributed by atoms with Gasteiger partial charge in [-0.25, -0.2) is 0 Å². The number of rotatable bonds is 5. The topological polar surface area (TPSA) is 29.5 Å². The van der Waals surface area contributed by atoms with E-state index in [-0.39, 0.29) is 5.41 Å². The summed E-state index contributed by atoms with van der Waals surface area (Å²) in [5, 5.41) is 0. The molecule has 1 aromatic carbocycles. The lowest BCUT2D eigenvalue weighted by atomic mass is 9.95. The molecule has 0 heterocycles. The van der Waals surface area contributed by atoms with Crippen molar-refractivity contribution in [2.75, 3.05) is 25.6 Å². The number of methoxy groups -OCH3 is 1. The lowest BCUT2D eigenvalue weighted by Crippen LogP contribution is -2.32. The number of anilines is 1. The van der Waals surface area contributed by atoms with Gasteiger partial charge in [0.1, 0.15) is 12.0 Å². The fourth-order valence-corrected chi connectivity index (χ4v) is 1.68. The molecule has 0 radical (unpaired) electrons. The van der Waals surface area contributed by atoms with Crippen molar-refractivity contribution in [2.24, 2.45) is 5.41 Å². The second-order valence-corrected chi connectivity index (χ2v) is 4.63. The van der Waals surface area contributed by atoms with Crippen molar-refractivity contribution in [3.05, 3.63) is 24.3 Å². The first-order valence-electron chi connectivity index (χ1n) is 5.30. The van der Waals surface area contributed by atoms with Gasteiger partial charge in [0.25, 0.3) is 0 Å². The van der Waals surface area contributed by atoms with Crippen LogP contribution in [0, 0.1) is 5.41 Å². The van der Waals surface area contributed by atoms with E-state index in [9.17, 15) is 4.79 Å². The second-order valence-electron chi connectivity index (χ2n) is 4.63. The van der Waals surface area contributed by atoms with Crippen LogP contribution in [-0.2, 0) is 4.79 Å². The second kappa shape index (κ2) is 5.01. The minimum atomic E-state index is -0.352. The number of aldehydes is 1. The number of benzene rings is 1. The Morgan fingerprint density at radius 1 is 1.38 bits per heavy atom. The molecule has 0 fully saturated rings. The Balaban J connectivity index is 2.88. The summed E-state index contributed by atoms with van der Waals surface area (Å²) in [5.41, 5.74) is 0.648. The highest BCUT2D eigenvalue weighted by atomic mass is 16.5. The van der Waals surface area contributed by atoms with Crippen molar-refractivity contribution >= 4 is 12.0 Å². The number of carbonyl (C=O) groups is 1. The third-order valence-corrected chi connectivity index (χ3v) is 2.46. The van der Waals surface area contributed by atoms with E-state index in [0.717, 1.165) is 17.7 Å². The maximum Gasteiger partial charge on any atom is 0.142 e. The maximum absolute atomic E-state index is 10.9. The molecule has 0 N–H and O–H groups in total. The zero-order valence-corrected chi connectivity index (χ0v) is 10.4. The summed E-state index contributed by atoms with van der Waals surface area (Å²) in [6, 6.07) is 7.79. The average Bonchev–Trinajstić information content (AvgIpc) is 2.28. The summed E-state index contributed by atoms with van der Waals surface area (Å²) >= 11 is 0. The maximum atomic E-state index is 10.9. The molecule has 3 nitrogen and oxygen atoms in total. The first-order chi connectivity index (χ1) is 7.50. The van der Waals surface area contributed by atoms with Gasteiger partial charge < -0.3 is 14.4 Å². The van der Waals surface area contributed by atoms with E-state index in [0.29, 0.717) is 6.54 Å². The SMILES string of the molecule is COc1ccccc1N(C)CC(C)(C)C=O.